The lowest BCUT2D eigenvalue weighted by atomic mass is 10.0. The molecule has 0 saturated heterocycles. The number of thiophene rings is 1. The van der Waals surface area contributed by atoms with E-state index in [-0.39, 0.29) is 18.2 Å². The SMILES string of the molecule is COc1ccc(CNC(=O)[C@H](c2ccco2)N(C(=O)Cc2cccs2)c2cc(C)ccc2C)cc1. The summed E-state index contributed by atoms with van der Waals surface area (Å²) < 4.78 is 10.9. The molecule has 0 spiro atoms. The lowest BCUT2D eigenvalue weighted by molar-refractivity contribution is -0.127. The minimum absolute atomic E-state index is 0.179. The minimum atomic E-state index is -0.962. The second-order valence-corrected chi connectivity index (χ2v) is 9.33. The van der Waals surface area contributed by atoms with Gasteiger partial charge in [0.25, 0.3) is 5.91 Å². The number of carbonyl (C=O) groups is 2. The standard InChI is InChI=1S/C28H28N2O4S/c1-19-8-9-20(2)24(16-19)30(26(31)17-23-6-5-15-35-23)27(25-7-4-14-34-25)28(32)29-18-21-10-12-22(33-3)13-11-21/h4-16,27H,17-18H2,1-3H3,(H,29,32)/t27-/m0/s1. The van der Waals surface area contributed by atoms with E-state index in [0.717, 1.165) is 27.3 Å². The number of amides is 2. The van der Waals surface area contributed by atoms with Crippen LogP contribution >= 0.6 is 11.3 Å². The number of ether oxygens (including phenoxy) is 1. The fourth-order valence-corrected chi connectivity index (χ4v) is 4.59. The molecule has 0 bridgehead atoms. The highest BCUT2D eigenvalue weighted by Gasteiger charge is 2.35. The van der Waals surface area contributed by atoms with Crippen molar-refractivity contribution in [2.75, 3.05) is 12.0 Å². The summed E-state index contributed by atoms with van der Waals surface area (Å²) >= 11 is 1.52. The fourth-order valence-electron chi connectivity index (χ4n) is 3.89. The second kappa shape index (κ2) is 11.1. The van der Waals surface area contributed by atoms with Gasteiger partial charge >= 0.3 is 0 Å². The first-order chi connectivity index (χ1) is 17.0. The van der Waals surface area contributed by atoms with Gasteiger partial charge in [0.05, 0.1) is 19.8 Å². The molecule has 6 nitrogen and oxygen atoms in total. The van der Waals surface area contributed by atoms with Crippen molar-refractivity contribution in [3.05, 3.63) is 106 Å². The van der Waals surface area contributed by atoms with Crippen LogP contribution in [0.3, 0.4) is 0 Å². The molecule has 1 atom stereocenters. The number of rotatable bonds is 9. The molecule has 2 aromatic heterocycles. The first-order valence-corrected chi connectivity index (χ1v) is 12.2. The van der Waals surface area contributed by atoms with Gasteiger partial charge in [-0.3, -0.25) is 14.5 Å². The van der Waals surface area contributed by atoms with Crippen molar-refractivity contribution in [2.24, 2.45) is 0 Å². The monoisotopic (exact) mass is 488 g/mol. The summed E-state index contributed by atoms with van der Waals surface area (Å²) in [6.45, 7) is 4.21. The van der Waals surface area contributed by atoms with Crippen LogP contribution in [0.5, 0.6) is 5.75 Å². The highest BCUT2D eigenvalue weighted by Crippen LogP contribution is 2.32. The Kier molecular flexibility index (Phi) is 7.67. The molecule has 2 heterocycles. The normalized spacial score (nSPS) is 11.6. The number of nitrogens with one attached hydrogen (secondary N) is 1. The number of aryl methyl sites for hydroxylation is 2. The molecule has 0 aliphatic heterocycles. The van der Waals surface area contributed by atoms with Crippen LogP contribution in [0.15, 0.2) is 82.8 Å². The van der Waals surface area contributed by atoms with Crippen molar-refractivity contribution in [1.29, 1.82) is 0 Å². The Morgan fingerprint density at radius 1 is 1.06 bits per heavy atom. The van der Waals surface area contributed by atoms with E-state index in [1.807, 2.05) is 73.8 Å². The number of furan rings is 1. The molecule has 4 rings (SSSR count). The summed E-state index contributed by atoms with van der Waals surface area (Å²) in [7, 11) is 1.61. The van der Waals surface area contributed by atoms with Gasteiger partial charge in [0, 0.05) is 17.1 Å². The van der Waals surface area contributed by atoms with Crippen LogP contribution in [-0.2, 0) is 22.6 Å². The summed E-state index contributed by atoms with van der Waals surface area (Å²) in [6, 6.07) is 19.7. The first kappa shape index (κ1) is 24.3. The minimum Gasteiger partial charge on any atom is -0.497 e. The van der Waals surface area contributed by atoms with Gasteiger partial charge in [0.15, 0.2) is 6.04 Å². The third kappa shape index (κ3) is 5.81. The van der Waals surface area contributed by atoms with E-state index in [4.69, 9.17) is 9.15 Å². The van der Waals surface area contributed by atoms with Gasteiger partial charge in [-0.05, 0) is 72.3 Å². The van der Waals surface area contributed by atoms with E-state index in [0.29, 0.717) is 18.0 Å². The van der Waals surface area contributed by atoms with Crippen LogP contribution < -0.4 is 15.0 Å². The van der Waals surface area contributed by atoms with Crippen molar-refractivity contribution in [3.8, 4) is 5.75 Å². The summed E-state index contributed by atoms with van der Waals surface area (Å²) in [5.41, 5.74) is 3.50. The lowest BCUT2D eigenvalue weighted by Crippen LogP contribution is -2.44. The van der Waals surface area contributed by atoms with E-state index in [2.05, 4.69) is 5.32 Å². The first-order valence-electron chi connectivity index (χ1n) is 11.3. The molecule has 2 aromatic carbocycles. The Balaban J connectivity index is 1.69. The van der Waals surface area contributed by atoms with Crippen LogP contribution in [0.2, 0.25) is 0 Å². The molecule has 7 heteroatoms. The molecule has 0 saturated carbocycles. The Hall–Kier alpha value is -3.84. The molecule has 0 aliphatic rings. The molecule has 4 aromatic rings. The molecular formula is C28H28N2O4S. The van der Waals surface area contributed by atoms with Crippen LogP contribution in [-0.4, -0.2) is 18.9 Å². The second-order valence-electron chi connectivity index (χ2n) is 8.29. The van der Waals surface area contributed by atoms with Crippen molar-refractivity contribution >= 4 is 28.8 Å². The Morgan fingerprint density at radius 3 is 2.51 bits per heavy atom. The molecule has 0 unspecified atom stereocenters. The summed E-state index contributed by atoms with van der Waals surface area (Å²) in [5.74, 6) is 0.643. The van der Waals surface area contributed by atoms with E-state index >= 15 is 0 Å². The smallest absolute Gasteiger partial charge is 0.251 e. The highest BCUT2D eigenvalue weighted by atomic mass is 32.1. The maximum atomic E-state index is 13.8. The number of hydrogen-bond donors (Lipinski definition) is 1. The van der Waals surface area contributed by atoms with Crippen LogP contribution in [0.4, 0.5) is 5.69 Å². The zero-order valence-electron chi connectivity index (χ0n) is 20.0. The molecular weight excluding hydrogens is 460 g/mol. The molecule has 2 amide bonds. The Morgan fingerprint density at radius 2 is 1.86 bits per heavy atom. The molecule has 35 heavy (non-hydrogen) atoms. The molecule has 1 N–H and O–H groups in total. The number of nitrogens with zero attached hydrogens (tertiary/aromatic N) is 1. The van der Waals surface area contributed by atoms with E-state index < -0.39 is 6.04 Å². The summed E-state index contributed by atoms with van der Waals surface area (Å²) in [5, 5.41) is 4.93. The molecule has 180 valence electrons. The number of anilines is 1. The molecule has 0 aliphatic carbocycles. The number of methoxy groups -OCH3 is 1. The van der Waals surface area contributed by atoms with Gasteiger partial charge in [0.1, 0.15) is 11.5 Å². The Bertz CT molecular complexity index is 1270. The van der Waals surface area contributed by atoms with Gasteiger partial charge in [-0.25, -0.2) is 0 Å². The topological polar surface area (TPSA) is 71.8 Å². The number of hydrogen-bond acceptors (Lipinski definition) is 5. The van der Waals surface area contributed by atoms with Gasteiger partial charge in [-0.15, -0.1) is 11.3 Å². The quantitative estimate of drug-likeness (QED) is 0.333. The van der Waals surface area contributed by atoms with Crippen molar-refractivity contribution in [1.82, 2.24) is 5.32 Å². The molecule has 0 radical (unpaired) electrons. The van der Waals surface area contributed by atoms with Gasteiger partial charge in [-0.2, -0.15) is 0 Å². The lowest BCUT2D eigenvalue weighted by Gasteiger charge is -2.31. The third-order valence-corrected chi connectivity index (χ3v) is 6.62. The molecule has 0 fully saturated rings. The van der Waals surface area contributed by atoms with Crippen molar-refractivity contribution < 1.29 is 18.7 Å². The van der Waals surface area contributed by atoms with Gasteiger partial charge in [0.2, 0.25) is 5.91 Å². The van der Waals surface area contributed by atoms with E-state index in [1.54, 1.807) is 24.1 Å². The maximum absolute atomic E-state index is 13.8. The average molecular weight is 489 g/mol. The van der Waals surface area contributed by atoms with E-state index in [9.17, 15) is 9.59 Å². The third-order valence-electron chi connectivity index (χ3n) is 5.74. The van der Waals surface area contributed by atoms with Crippen LogP contribution in [0.25, 0.3) is 0 Å². The van der Waals surface area contributed by atoms with Crippen LogP contribution in [0.1, 0.15) is 33.4 Å². The average Bonchev–Trinajstić information content (AvgIpc) is 3.57. The zero-order valence-corrected chi connectivity index (χ0v) is 20.8. The van der Waals surface area contributed by atoms with E-state index in [1.165, 1.54) is 17.6 Å². The predicted molar refractivity (Wildman–Crippen MR) is 138 cm³/mol. The Labute approximate surface area is 209 Å². The fraction of sp³-hybridized carbons (Fsp3) is 0.214. The number of carbonyl (C=O) groups excluding carboxylic acids is 2. The van der Waals surface area contributed by atoms with Gasteiger partial charge < -0.3 is 14.5 Å². The number of benzene rings is 2. The highest BCUT2D eigenvalue weighted by molar-refractivity contribution is 7.10. The summed E-state index contributed by atoms with van der Waals surface area (Å²) in [4.78, 5) is 29.9. The maximum Gasteiger partial charge on any atom is 0.251 e. The zero-order chi connectivity index (χ0) is 24.8. The largest absolute Gasteiger partial charge is 0.497 e. The predicted octanol–water partition coefficient (Wildman–Crippen LogP) is 5.60. The summed E-state index contributed by atoms with van der Waals surface area (Å²) in [6.07, 6.45) is 1.71. The van der Waals surface area contributed by atoms with Crippen molar-refractivity contribution in [2.45, 2.75) is 32.9 Å². The van der Waals surface area contributed by atoms with Gasteiger partial charge in [-0.1, -0.05) is 30.3 Å². The van der Waals surface area contributed by atoms with Crippen LogP contribution in [0, 0.1) is 13.8 Å². The van der Waals surface area contributed by atoms with Crippen molar-refractivity contribution in [3.63, 3.8) is 0 Å².